The molecule has 0 saturated heterocycles. The van der Waals surface area contributed by atoms with Crippen LogP contribution in [-0.2, 0) is 18.0 Å². The lowest BCUT2D eigenvalue weighted by Crippen LogP contribution is -2.32. The second kappa shape index (κ2) is 15.7. The van der Waals surface area contributed by atoms with E-state index < -0.39 is 18.4 Å². The summed E-state index contributed by atoms with van der Waals surface area (Å²) in [5.74, 6) is 0.931. The van der Waals surface area contributed by atoms with E-state index in [0.717, 1.165) is 5.56 Å². The highest BCUT2D eigenvalue weighted by molar-refractivity contribution is 6.32. The number of rotatable bonds is 6. The third-order valence-corrected chi connectivity index (χ3v) is 7.25. The van der Waals surface area contributed by atoms with Crippen molar-refractivity contribution in [3.8, 4) is 12.1 Å². The zero-order chi connectivity index (χ0) is 35.0. The molecule has 4 aromatic rings. The number of urea groups is 2. The van der Waals surface area contributed by atoms with Gasteiger partial charge in [0.05, 0.1) is 34.4 Å². The van der Waals surface area contributed by atoms with Gasteiger partial charge in [0.25, 0.3) is 0 Å². The minimum atomic E-state index is -1.09. The molecule has 48 heavy (non-hydrogen) atoms. The Morgan fingerprint density at radius 3 is 1.96 bits per heavy atom. The summed E-state index contributed by atoms with van der Waals surface area (Å²) >= 11 is 11.8. The number of amides is 4. The van der Waals surface area contributed by atoms with Gasteiger partial charge in [-0.3, -0.25) is 25.2 Å². The number of aliphatic hydroxyl groups is 2. The Morgan fingerprint density at radius 1 is 0.958 bits per heavy atom. The maximum absolute atomic E-state index is 12.3. The fraction of sp³-hybridized carbons (Fsp3) is 0.167. The van der Waals surface area contributed by atoms with E-state index in [2.05, 4.69) is 30.6 Å². The predicted octanol–water partition coefficient (Wildman–Crippen LogP) is 4.17. The number of nitriles is 2. The van der Waals surface area contributed by atoms with Crippen molar-refractivity contribution in [1.29, 1.82) is 10.5 Å². The van der Waals surface area contributed by atoms with Crippen LogP contribution in [0.4, 0.5) is 32.9 Å². The van der Waals surface area contributed by atoms with Gasteiger partial charge in [-0.05, 0) is 12.1 Å². The summed E-state index contributed by atoms with van der Waals surface area (Å²) in [5, 5.41) is 41.8. The van der Waals surface area contributed by atoms with Crippen LogP contribution in [0.5, 0.6) is 0 Å². The van der Waals surface area contributed by atoms with Crippen molar-refractivity contribution >= 4 is 64.8 Å². The van der Waals surface area contributed by atoms with Gasteiger partial charge in [0, 0.05) is 49.7 Å². The Balaban J connectivity index is 0.000000217. The van der Waals surface area contributed by atoms with E-state index in [4.69, 9.17) is 43.6 Å². The molecule has 18 heteroatoms. The number of ether oxygens (including phenoxy) is 1. The Kier molecular flexibility index (Phi) is 11.5. The summed E-state index contributed by atoms with van der Waals surface area (Å²) in [5.41, 5.74) is 2.00. The summed E-state index contributed by atoms with van der Waals surface area (Å²) in [6.07, 6.45) is 1.94. The summed E-state index contributed by atoms with van der Waals surface area (Å²) in [6.45, 7) is -0.0434. The van der Waals surface area contributed by atoms with Gasteiger partial charge in [-0.1, -0.05) is 35.3 Å². The highest BCUT2D eigenvalue weighted by Gasteiger charge is 2.24. The highest BCUT2D eigenvalue weighted by Crippen LogP contribution is 2.29. The molecule has 0 radical (unpaired) electrons. The molecule has 1 aliphatic heterocycles. The first-order chi connectivity index (χ1) is 23.0. The molecule has 1 atom stereocenters. The van der Waals surface area contributed by atoms with E-state index in [-0.39, 0.29) is 57.5 Å². The van der Waals surface area contributed by atoms with Crippen molar-refractivity contribution in [1.82, 2.24) is 19.9 Å². The maximum Gasteiger partial charge on any atom is 0.328 e. The van der Waals surface area contributed by atoms with Crippen molar-refractivity contribution in [2.75, 3.05) is 34.5 Å². The first-order valence-electron chi connectivity index (χ1n) is 13.6. The standard InChI is InChI=1S/2C15H12ClN5O3/c1-21(12-3-2-8-7-24-14(22)13(8)20-12)15(23)19-11-4-10(16)9(5-17)6-18-11;1-21(14-3-2-9(7-22)12(8-23)19-14)15(24)20-13-4-11(16)10(5-17)6-18-13/h2-4,6,14,22H,7H2,1H3,(H,18,19,23);2-4,6,8,22H,7H2,1H3,(H,18,20,24). The molecule has 1 aliphatic rings. The molecule has 244 valence electrons. The second-order valence-electron chi connectivity index (χ2n) is 9.67. The van der Waals surface area contributed by atoms with E-state index in [9.17, 15) is 19.5 Å². The van der Waals surface area contributed by atoms with Crippen LogP contribution < -0.4 is 20.4 Å². The Labute approximate surface area is 282 Å². The number of carbonyl (C=O) groups excluding carboxylic acids is 3. The first kappa shape index (κ1) is 35.1. The quantitative estimate of drug-likeness (QED) is 0.209. The van der Waals surface area contributed by atoms with Gasteiger partial charge in [0.1, 0.15) is 46.8 Å². The number of halogens is 2. The molecule has 1 unspecified atom stereocenters. The van der Waals surface area contributed by atoms with Gasteiger partial charge >= 0.3 is 12.1 Å². The molecule has 0 fully saturated rings. The van der Waals surface area contributed by atoms with Gasteiger partial charge in [-0.2, -0.15) is 10.5 Å². The lowest BCUT2D eigenvalue weighted by atomic mass is 10.2. The van der Waals surface area contributed by atoms with Gasteiger partial charge in [0.2, 0.25) is 0 Å². The Bertz CT molecular complexity index is 1970. The van der Waals surface area contributed by atoms with Crippen LogP contribution in [-0.4, -0.2) is 62.6 Å². The van der Waals surface area contributed by atoms with E-state index >= 15 is 0 Å². The number of nitrogens with one attached hydrogen (secondary N) is 2. The van der Waals surface area contributed by atoms with Gasteiger partial charge in [-0.25, -0.2) is 29.5 Å². The van der Waals surface area contributed by atoms with E-state index in [1.165, 1.54) is 60.6 Å². The molecule has 0 spiro atoms. The molecule has 4 aromatic heterocycles. The Morgan fingerprint density at radius 2 is 1.48 bits per heavy atom. The number of anilines is 4. The number of pyridine rings is 4. The summed E-state index contributed by atoms with van der Waals surface area (Å²) in [4.78, 5) is 54.0. The summed E-state index contributed by atoms with van der Waals surface area (Å²) < 4.78 is 5.07. The minimum absolute atomic E-state index is 0.0502. The van der Waals surface area contributed by atoms with Crippen LogP contribution in [0.3, 0.4) is 0 Å². The molecule has 5 rings (SSSR count). The van der Waals surface area contributed by atoms with E-state index in [1.807, 2.05) is 12.1 Å². The molecule has 5 heterocycles. The molecular weight excluding hydrogens is 667 g/mol. The fourth-order valence-corrected chi connectivity index (χ4v) is 4.33. The third-order valence-electron chi connectivity index (χ3n) is 6.62. The molecule has 4 N–H and O–H groups in total. The predicted molar refractivity (Wildman–Crippen MR) is 172 cm³/mol. The topological polar surface area (TPSA) is 231 Å². The lowest BCUT2D eigenvalue weighted by molar-refractivity contribution is -0.0938. The molecule has 0 saturated carbocycles. The largest absolute Gasteiger partial charge is 0.392 e. The lowest BCUT2D eigenvalue weighted by Gasteiger charge is -2.17. The molecule has 0 aliphatic carbocycles. The minimum Gasteiger partial charge on any atom is -0.392 e. The van der Waals surface area contributed by atoms with Gasteiger partial charge < -0.3 is 14.9 Å². The zero-order valence-corrected chi connectivity index (χ0v) is 26.6. The molecular formula is C30H24Cl2N10O6. The molecule has 0 bridgehead atoms. The number of nitrogens with zero attached hydrogens (tertiary/aromatic N) is 8. The van der Waals surface area contributed by atoms with Gasteiger partial charge in [0.15, 0.2) is 12.6 Å². The van der Waals surface area contributed by atoms with Crippen molar-refractivity contribution in [3.63, 3.8) is 0 Å². The summed E-state index contributed by atoms with van der Waals surface area (Å²) in [7, 11) is 2.98. The van der Waals surface area contributed by atoms with Crippen LogP contribution >= 0.6 is 23.2 Å². The number of carbonyl (C=O) groups is 3. The average molecular weight is 691 g/mol. The fourth-order valence-electron chi connectivity index (χ4n) is 3.94. The van der Waals surface area contributed by atoms with Crippen LogP contribution in [0.2, 0.25) is 10.0 Å². The molecule has 0 aromatic carbocycles. The van der Waals surface area contributed by atoms with E-state index in [0.29, 0.717) is 23.4 Å². The number of hydrogen-bond acceptors (Lipinski definition) is 12. The van der Waals surface area contributed by atoms with Gasteiger partial charge in [-0.15, -0.1) is 0 Å². The van der Waals surface area contributed by atoms with E-state index in [1.54, 1.807) is 12.1 Å². The number of hydrogen-bond donors (Lipinski definition) is 4. The number of aliphatic hydroxyl groups excluding tert-OH is 2. The maximum atomic E-state index is 12.3. The normalized spacial score (nSPS) is 12.7. The molecule has 16 nitrogen and oxygen atoms in total. The number of aromatic nitrogens is 4. The highest BCUT2D eigenvalue weighted by atomic mass is 35.5. The summed E-state index contributed by atoms with van der Waals surface area (Å²) in [6, 6.07) is 11.8. The number of aldehydes is 1. The smallest absolute Gasteiger partial charge is 0.328 e. The Hall–Kier alpha value is -5.75. The first-order valence-corrected chi connectivity index (χ1v) is 14.3. The molecule has 4 amide bonds. The van der Waals surface area contributed by atoms with Crippen LogP contribution in [0.1, 0.15) is 44.7 Å². The monoisotopic (exact) mass is 690 g/mol. The van der Waals surface area contributed by atoms with Crippen molar-refractivity contribution in [2.45, 2.75) is 19.5 Å². The zero-order valence-electron chi connectivity index (χ0n) is 25.0. The second-order valence-corrected chi connectivity index (χ2v) is 10.5. The van der Waals surface area contributed by atoms with Crippen molar-refractivity contribution in [3.05, 3.63) is 92.5 Å². The number of fused-ring (bicyclic) bond motifs is 1. The van der Waals surface area contributed by atoms with Crippen LogP contribution in [0.25, 0.3) is 0 Å². The average Bonchev–Trinajstić information content (AvgIpc) is 3.47. The third kappa shape index (κ3) is 8.15. The van der Waals surface area contributed by atoms with Crippen LogP contribution in [0, 0.1) is 22.7 Å². The SMILES string of the molecule is CN(C(=O)Nc1cc(Cl)c(C#N)cn1)c1ccc(CO)c(C=O)n1.CN(C(=O)Nc1cc(Cl)c(C#N)cn1)c1ccc2c(n1)C(O)OC2. The van der Waals surface area contributed by atoms with Crippen molar-refractivity contribution in [2.24, 2.45) is 0 Å². The van der Waals surface area contributed by atoms with Crippen molar-refractivity contribution < 1.29 is 29.3 Å². The van der Waals surface area contributed by atoms with Crippen LogP contribution in [0.15, 0.2) is 48.8 Å².